The SMILES string of the molecule is Cc1cc(OCC(=O)NC2CCC(C)CC2)cc(C(C)C)c1. The molecule has 0 spiro atoms. The summed E-state index contributed by atoms with van der Waals surface area (Å²) in [6.07, 6.45) is 4.60. The Kier molecular flexibility index (Phi) is 5.87. The summed E-state index contributed by atoms with van der Waals surface area (Å²) in [5, 5.41) is 3.10. The summed E-state index contributed by atoms with van der Waals surface area (Å²) < 4.78 is 5.69. The van der Waals surface area contributed by atoms with Crippen molar-refractivity contribution >= 4 is 5.91 Å². The van der Waals surface area contributed by atoms with Crippen LogP contribution in [0, 0.1) is 12.8 Å². The molecule has 1 fully saturated rings. The highest BCUT2D eigenvalue weighted by Crippen LogP contribution is 2.24. The van der Waals surface area contributed by atoms with Gasteiger partial charge in [-0.25, -0.2) is 0 Å². The van der Waals surface area contributed by atoms with Crippen LogP contribution in [0.2, 0.25) is 0 Å². The van der Waals surface area contributed by atoms with Crippen molar-refractivity contribution in [2.24, 2.45) is 5.92 Å². The second-order valence-electron chi connectivity index (χ2n) is 7.05. The normalized spacial score (nSPS) is 21.7. The van der Waals surface area contributed by atoms with Crippen molar-refractivity contribution in [3.63, 3.8) is 0 Å². The Morgan fingerprint density at radius 1 is 1.23 bits per heavy atom. The number of carbonyl (C=O) groups excluding carboxylic acids is 1. The Labute approximate surface area is 134 Å². The fourth-order valence-electron chi connectivity index (χ4n) is 3.02. The first-order valence-corrected chi connectivity index (χ1v) is 8.47. The minimum Gasteiger partial charge on any atom is -0.484 e. The van der Waals surface area contributed by atoms with E-state index >= 15 is 0 Å². The van der Waals surface area contributed by atoms with Gasteiger partial charge in [0, 0.05) is 6.04 Å². The van der Waals surface area contributed by atoms with Gasteiger partial charge in [-0.15, -0.1) is 0 Å². The van der Waals surface area contributed by atoms with Crippen molar-refractivity contribution in [3.8, 4) is 5.75 Å². The average Bonchev–Trinajstić information content (AvgIpc) is 2.47. The molecule has 122 valence electrons. The lowest BCUT2D eigenvalue weighted by molar-refractivity contribution is -0.124. The number of benzene rings is 1. The Morgan fingerprint density at radius 3 is 2.55 bits per heavy atom. The van der Waals surface area contributed by atoms with Gasteiger partial charge in [-0.3, -0.25) is 4.79 Å². The number of aryl methyl sites for hydroxylation is 1. The summed E-state index contributed by atoms with van der Waals surface area (Å²) >= 11 is 0. The molecular weight excluding hydrogens is 274 g/mol. The van der Waals surface area contributed by atoms with E-state index < -0.39 is 0 Å². The van der Waals surface area contributed by atoms with Crippen molar-refractivity contribution in [1.29, 1.82) is 0 Å². The molecule has 1 aromatic rings. The van der Waals surface area contributed by atoms with E-state index in [1.807, 2.05) is 12.1 Å². The summed E-state index contributed by atoms with van der Waals surface area (Å²) in [4.78, 5) is 12.0. The summed E-state index contributed by atoms with van der Waals surface area (Å²) in [7, 11) is 0. The number of carbonyl (C=O) groups is 1. The third kappa shape index (κ3) is 5.04. The smallest absolute Gasteiger partial charge is 0.258 e. The minimum atomic E-state index is -0.00726. The predicted molar refractivity (Wildman–Crippen MR) is 90.3 cm³/mol. The number of nitrogens with one attached hydrogen (secondary N) is 1. The standard InChI is InChI=1S/C19H29NO2/c1-13(2)16-9-15(4)10-18(11-16)22-12-19(21)20-17-7-5-14(3)6-8-17/h9-11,13-14,17H,5-8,12H2,1-4H3,(H,20,21). The third-order valence-corrected chi connectivity index (χ3v) is 4.49. The van der Waals surface area contributed by atoms with E-state index in [4.69, 9.17) is 4.74 Å². The van der Waals surface area contributed by atoms with Crippen LogP contribution in [0.3, 0.4) is 0 Å². The van der Waals surface area contributed by atoms with Crippen LogP contribution < -0.4 is 10.1 Å². The lowest BCUT2D eigenvalue weighted by Gasteiger charge is -2.26. The summed E-state index contributed by atoms with van der Waals surface area (Å²) in [5.74, 6) is 2.04. The highest BCUT2D eigenvalue weighted by Gasteiger charge is 2.19. The number of hydrogen-bond acceptors (Lipinski definition) is 2. The molecule has 0 saturated heterocycles. The molecule has 1 aliphatic carbocycles. The largest absolute Gasteiger partial charge is 0.484 e. The maximum atomic E-state index is 12.0. The Morgan fingerprint density at radius 2 is 1.91 bits per heavy atom. The van der Waals surface area contributed by atoms with Crippen LogP contribution >= 0.6 is 0 Å². The monoisotopic (exact) mass is 303 g/mol. The quantitative estimate of drug-likeness (QED) is 0.885. The van der Waals surface area contributed by atoms with Gasteiger partial charge in [0.05, 0.1) is 0 Å². The summed E-state index contributed by atoms with van der Waals surface area (Å²) in [6.45, 7) is 8.77. The van der Waals surface area contributed by atoms with Crippen molar-refractivity contribution in [2.45, 2.75) is 65.3 Å². The van der Waals surface area contributed by atoms with Crippen molar-refractivity contribution < 1.29 is 9.53 Å². The maximum absolute atomic E-state index is 12.0. The van der Waals surface area contributed by atoms with E-state index in [1.165, 1.54) is 24.0 Å². The van der Waals surface area contributed by atoms with Crippen LogP contribution in [0.1, 0.15) is 63.5 Å². The zero-order valence-corrected chi connectivity index (χ0v) is 14.3. The van der Waals surface area contributed by atoms with Crippen LogP contribution in [0.5, 0.6) is 5.75 Å². The predicted octanol–water partition coefficient (Wildman–Crippen LogP) is 4.19. The highest BCUT2D eigenvalue weighted by molar-refractivity contribution is 5.77. The van der Waals surface area contributed by atoms with Crippen molar-refractivity contribution in [1.82, 2.24) is 5.32 Å². The summed E-state index contributed by atoms with van der Waals surface area (Å²) in [6, 6.07) is 6.52. The van der Waals surface area contributed by atoms with E-state index in [1.54, 1.807) is 0 Å². The van der Waals surface area contributed by atoms with Gasteiger partial charge in [0.25, 0.3) is 5.91 Å². The van der Waals surface area contributed by atoms with E-state index in [-0.39, 0.29) is 12.5 Å². The topological polar surface area (TPSA) is 38.3 Å². The fraction of sp³-hybridized carbons (Fsp3) is 0.632. The Bertz CT molecular complexity index is 502. The van der Waals surface area contributed by atoms with Crippen LogP contribution in [-0.4, -0.2) is 18.6 Å². The third-order valence-electron chi connectivity index (χ3n) is 4.49. The number of hydrogen-bond donors (Lipinski definition) is 1. The van der Waals surface area contributed by atoms with Gasteiger partial charge in [0.1, 0.15) is 5.75 Å². The number of ether oxygens (including phenoxy) is 1. The number of amides is 1. The lowest BCUT2D eigenvalue weighted by Crippen LogP contribution is -2.39. The van der Waals surface area contributed by atoms with Crippen molar-refractivity contribution in [3.05, 3.63) is 29.3 Å². The molecule has 2 rings (SSSR count). The van der Waals surface area contributed by atoms with Gasteiger partial charge in [-0.05, 0) is 67.7 Å². The molecular formula is C19H29NO2. The van der Waals surface area contributed by atoms with Crippen molar-refractivity contribution in [2.75, 3.05) is 6.61 Å². The van der Waals surface area contributed by atoms with E-state index in [2.05, 4.69) is 39.1 Å². The lowest BCUT2D eigenvalue weighted by atomic mass is 9.87. The fourth-order valence-corrected chi connectivity index (χ4v) is 3.02. The molecule has 0 radical (unpaired) electrons. The number of rotatable bonds is 5. The zero-order chi connectivity index (χ0) is 16.1. The molecule has 0 unspecified atom stereocenters. The van der Waals surface area contributed by atoms with Crippen LogP contribution in [-0.2, 0) is 4.79 Å². The first kappa shape index (κ1) is 16.9. The molecule has 1 amide bonds. The Balaban J connectivity index is 1.83. The molecule has 0 aliphatic heterocycles. The average molecular weight is 303 g/mol. The van der Waals surface area contributed by atoms with Gasteiger partial charge in [0.15, 0.2) is 6.61 Å². The molecule has 0 heterocycles. The molecule has 0 aromatic heterocycles. The van der Waals surface area contributed by atoms with E-state index in [0.717, 1.165) is 24.5 Å². The second-order valence-corrected chi connectivity index (χ2v) is 7.05. The highest BCUT2D eigenvalue weighted by atomic mass is 16.5. The minimum absolute atomic E-state index is 0.00726. The van der Waals surface area contributed by atoms with Gasteiger partial charge in [-0.2, -0.15) is 0 Å². The zero-order valence-electron chi connectivity index (χ0n) is 14.3. The van der Waals surface area contributed by atoms with Gasteiger partial charge in [-0.1, -0.05) is 26.8 Å². The van der Waals surface area contributed by atoms with E-state index in [0.29, 0.717) is 12.0 Å². The van der Waals surface area contributed by atoms with Gasteiger partial charge in [0.2, 0.25) is 0 Å². The molecule has 3 nitrogen and oxygen atoms in total. The molecule has 0 bridgehead atoms. The maximum Gasteiger partial charge on any atom is 0.258 e. The molecule has 1 aliphatic rings. The van der Waals surface area contributed by atoms with Crippen LogP contribution in [0.15, 0.2) is 18.2 Å². The molecule has 1 aromatic carbocycles. The van der Waals surface area contributed by atoms with Gasteiger partial charge >= 0.3 is 0 Å². The van der Waals surface area contributed by atoms with Crippen LogP contribution in [0.25, 0.3) is 0 Å². The van der Waals surface area contributed by atoms with E-state index in [9.17, 15) is 4.79 Å². The molecule has 22 heavy (non-hydrogen) atoms. The molecule has 1 saturated carbocycles. The summed E-state index contributed by atoms with van der Waals surface area (Å²) in [5.41, 5.74) is 2.42. The molecule has 1 N–H and O–H groups in total. The van der Waals surface area contributed by atoms with Crippen LogP contribution in [0.4, 0.5) is 0 Å². The molecule has 3 heteroatoms. The first-order chi connectivity index (χ1) is 10.4. The van der Waals surface area contributed by atoms with Gasteiger partial charge < -0.3 is 10.1 Å². The molecule has 0 atom stereocenters. The first-order valence-electron chi connectivity index (χ1n) is 8.47. The second kappa shape index (κ2) is 7.66. The Hall–Kier alpha value is -1.51.